The fourth-order valence-electron chi connectivity index (χ4n) is 2.97. The smallest absolute Gasteiger partial charge is 0.0730 e. The molecule has 0 spiro atoms. The summed E-state index contributed by atoms with van der Waals surface area (Å²) in [7, 11) is 0. The Balaban J connectivity index is 2.52. The number of nitrogens with one attached hydrogen (secondary N) is 1. The zero-order valence-corrected chi connectivity index (χ0v) is 13.1. The van der Waals surface area contributed by atoms with Crippen molar-refractivity contribution in [1.29, 1.82) is 0 Å². The van der Waals surface area contributed by atoms with Gasteiger partial charge in [-0.2, -0.15) is 0 Å². The van der Waals surface area contributed by atoms with Crippen molar-refractivity contribution in [2.45, 2.75) is 78.9 Å². The van der Waals surface area contributed by atoms with Gasteiger partial charge in [-0.3, -0.25) is 0 Å². The van der Waals surface area contributed by atoms with Crippen LogP contribution in [0.4, 0.5) is 0 Å². The standard InChI is InChI=1S/C16H33NO/c1-6-8-11-18-15-12-13(16(3,4)5)9-10-14(15)17-7-2/h13-15,17H,6-12H2,1-5H3. The molecule has 1 rings (SSSR count). The van der Waals surface area contributed by atoms with E-state index in [1.165, 1.54) is 32.1 Å². The van der Waals surface area contributed by atoms with Crippen LogP contribution in [0.5, 0.6) is 0 Å². The Morgan fingerprint density at radius 1 is 1.17 bits per heavy atom. The van der Waals surface area contributed by atoms with Gasteiger partial charge in [-0.1, -0.05) is 41.0 Å². The first-order chi connectivity index (χ1) is 8.49. The zero-order chi connectivity index (χ0) is 13.6. The minimum absolute atomic E-state index is 0.420. The van der Waals surface area contributed by atoms with Gasteiger partial charge >= 0.3 is 0 Å². The van der Waals surface area contributed by atoms with Crippen molar-refractivity contribution < 1.29 is 4.74 Å². The second-order valence-electron chi connectivity index (χ2n) is 6.80. The van der Waals surface area contributed by atoms with Crippen LogP contribution in [0.15, 0.2) is 0 Å². The first kappa shape index (κ1) is 16.0. The molecule has 0 saturated heterocycles. The molecule has 108 valence electrons. The summed E-state index contributed by atoms with van der Waals surface area (Å²) in [5.41, 5.74) is 0.420. The number of unbranched alkanes of at least 4 members (excludes halogenated alkanes) is 1. The van der Waals surface area contributed by atoms with Gasteiger partial charge in [0.1, 0.15) is 0 Å². The van der Waals surface area contributed by atoms with E-state index in [1.54, 1.807) is 0 Å². The third-order valence-corrected chi connectivity index (χ3v) is 4.31. The molecule has 0 aromatic heterocycles. The third kappa shape index (κ3) is 4.89. The number of hydrogen-bond acceptors (Lipinski definition) is 2. The van der Waals surface area contributed by atoms with Crippen molar-refractivity contribution in [2.75, 3.05) is 13.2 Å². The molecular weight excluding hydrogens is 222 g/mol. The Hall–Kier alpha value is -0.0800. The Morgan fingerprint density at radius 2 is 1.89 bits per heavy atom. The predicted octanol–water partition coefficient (Wildman–Crippen LogP) is 4.00. The van der Waals surface area contributed by atoms with E-state index >= 15 is 0 Å². The molecule has 3 atom stereocenters. The van der Waals surface area contributed by atoms with Gasteiger partial charge in [-0.05, 0) is 43.6 Å². The van der Waals surface area contributed by atoms with Crippen molar-refractivity contribution in [1.82, 2.24) is 5.32 Å². The lowest BCUT2D eigenvalue weighted by molar-refractivity contribution is -0.0282. The summed E-state index contributed by atoms with van der Waals surface area (Å²) in [6, 6.07) is 0.574. The van der Waals surface area contributed by atoms with Crippen molar-refractivity contribution in [3.05, 3.63) is 0 Å². The molecule has 0 amide bonds. The maximum atomic E-state index is 6.15. The van der Waals surface area contributed by atoms with E-state index < -0.39 is 0 Å². The first-order valence-electron chi connectivity index (χ1n) is 7.84. The molecule has 0 aliphatic heterocycles. The summed E-state index contributed by atoms with van der Waals surface area (Å²) in [5, 5.41) is 3.61. The summed E-state index contributed by atoms with van der Waals surface area (Å²) in [6.07, 6.45) is 6.68. The summed E-state index contributed by atoms with van der Waals surface area (Å²) in [6.45, 7) is 13.5. The molecule has 0 aromatic rings. The van der Waals surface area contributed by atoms with Gasteiger partial charge in [0.2, 0.25) is 0 Å². The fourth-order valence-corrected chi connectivity index (χ4v) is 2.97. The molecule has 0 bridgehead atoms. The summed E-state index contributed by atoms with van der Waals surface area (Å²) in [4.78, 5) is 0. The van der Waals surface area contributed by atoms with E-state index in [9.17, 15) is 0 Å². The molecule has 3 unspecified atom stereocenters. The van der Waals surface area contributed by atoms with Crippen LogP contribution in [-0.2, 0) is 4.74 Å². The van der Waals surface area contributed by atoms with Crippen molar-refractivity contribution in [2.24, 2.45) is 11.3 Å². The Kier molecular flexibility index (Phi) is 6.65. The number of likely N-dealkylation sites (N-methyl/N-ethyl adjacent to an activating group) is 1. The molecule has 1 N–H and O–H groups in total. The van der Waals surface area contributed by atoms with Crippen molar-refractivity contribution in [3.8, 4) is 0 Å². The minimum atomic E-state index is 0.420. The van der Waals surface area contributed by atoms with Crippen LogP contribution in [0.1, 0.15) is 66.7 Å². The van der Waals surface area contributed by atoms with Crippen LogP contribution in [0.2, 0.25) is 0 Å². The lowest BCUT2D eigenvalue weighted by Gasteiger charge is -2.42. The summed E-state index contributed by atoms with van der Waals surface area (Å²) in [5.74, 6) is 0.805. The molecule has 0 radical (unpaired) electrons. The van der Waals surface area contributed by atoms with Gasteiger partial charge in [0, 0.05) is 12.6 Å². The molecular formula is C16H33NO. The van der Waals surface area contributed by atoms with Crippen LogP contribution in [0, 0.1) is 11.3 Å². The van der Waals surface area contributed by atoms with E-state index in [4.69, 9.17) is 4.74 Å². The maximum Gasteiger partial charge on any atom is 0.0730 e. The fraction of sp³-hybridized carbons (Fsp3) is 1.00. The van der Waals surface area contributed by atoms with Gasteiger partial charge in [0.15, 0.2) is 0 Å². The van der Waals surface area contributed by atoms with Crippen molar-refractivity contribution >= 4 is 0 Å². The number of ether oxygens (including phenoxy) is 1. The van der Waals surface area contributed by atoms with E-state index in [2.05, 4.69) is 39.9 Å². The normalized spacial score (nSPS) is 29.5. The molecule has 1 aliphatic carbocycles. The van der Waals surface area contributed by atoms with E-state index in [0.29, 0.717) is 17.6 Å². The molecule has 0 aromatic carbocycles. The second-order valence-corrected chi connectivity index (χ2v) is 6.80. The first-order valence-corrected chi connectivity index (χ1v) is 7.84. The van der Waals surface area contributed by atoms with E-state index in [-0.39, 0.29) is 0 Å². The van der Waals surface area contributed by atoms with E-state index in [0.717, 1.165) is 19.1 Å². The molecule has 1 saturated carbocycles. The van der Waals surface area contributed by atoms with Crippen molar-refractivity contribution in [3.63, 3.8) is 0 Å². The monoisotopic (exact) mass is 255 g/mol. The largest absolute Gasteiger partial charge is 0.377 e. The van der Waals surface area contributed by atoms with Gasteiger partial charge in [-0.25, -0.2) is 0 Å². The molecule has 1 aliphatic rings. The van der Waals surface area contributed by atoms with Crippen LogP contribution in [-0.4, -0.2) is 25.3 Å². The number of hydrogen-bond donors (Lipinski definition) is 1. The average molecular weight is 255 g/mol. The molecule has 0 heterocycles. The van der Waals surface area contributed by atoms with Gasteiger partial charge in [0.25, 0.3) is 0 Å². The SMILES string of the molecule is CCCCOC1CC(C(C)(C)C)CCC1NCC. The van der Waals surface area contributed by atoms with Gasteiger partial charge in [-0.15, -0.1) is 0 Å². The minimum Gasteiger partial charge on any atom is -0.377 e. The van der Waals surface area contributed by atoms with Crippen LogP contribution in [0.3, 0.4) is 0 Å². The van der Waals surface area contributed by atoms with Crippen LogP contribution in [0.25, 0.3) is 0 Å². The number of rotatable bonds is 6. The van der Waals surface area contributed by atoms with E-state index in [1.807, 2.05) is 0 Å². The Bertz CT molecular complexity index is 222. The summed E-state index contributed by atoms with van der Waals surface area (Å²) >= 11 is 0. The summed E-state index contributed by atoms with van der Waals surface area (Å²) < 4.78 is 6.15. The maximum absolute atomic E-state index is 6.15. The van der Waals surface area contributed by atoms with Gasteiger partial charge in [0.05, 0.1) is 6.10 Å². The third-order valence-electron chi connectivity index (χ3n) is 4.31. The highest BCUT2D eigenvalue weighted by Gasteiger charge is 2.35. The average Bonchev–Trinajstić information content (AvgIpc) is 2.30. The molecule has 1 fully saturated rings. The lowest BCUT2D eigenvalue weighted by atomic mass is 9.70. The quantitative estimate of drug-likeness (QED) is 0.724. The Morgan fingerprint density at radius 3 is 2.44 bits per heavy atom. The molecule has 18 heavy (non-hydrogen) atoms. The highest BCUT2D eigenvalue weighted by molar-refractivity contribution is 4.89. The molecule has 2 heteroatoms. The zero-order valence-electron chi connectivity index (χ0n) is 13.1. The predicted molar refractivity (Wildman–Crippen MR) is 78.9 cm³/mol. The lowest BCUT2D eigenvalue weighted by Crippen LogP contribution is -2.47. The second kappa shape index (κ2) is 7.49. The highest BCUT2D eigenvalue weighted by Crippen LogP contribution is 2.38. The van der Waals surface area contributed by atoms with Crippen LogP contribution < -0.4 is 5.32 Å². The highest BCUT2D eigenvalue weighted by atomic mass is 16.5. The van der Waals surface area contributed by atoms with Crippen LogP contribution >= 0.6 is 0 Å². The Labute approximate surface area is 114 Å². The topological polar surface area (TPSA) is 21.3 Å². The molecule has 2 nitrogen and oxygen atoms in total. The van der Waals surface area contributed by atoms with Gasteiger partial charge < -0.3 is 10.1 Å².